The van der Waals surface area contributed by atoms with E-state index in [1.54, 1.807) is 31.2 Å². The SMILES string of the molecule is COC(=O)Nc1ccccc1C(C)C(=O)OC. The molecule has 1 unspecified atom stereocenters. The first-order chi connectivity index (χ1) is 8.10. The van der Waals surface area contributed by atoms with Crippen molar-refractivity contribution in [3.05, 3.63) is 29.8 Å². The predicted octanol–water partition coefficient (Wildman–Crippen LogP) is 2.14. The van der Waals surface area contributed by atoms with Crippen LogP contribution in [0.25, 0.3) is 0 Å². The predicted molar refractivity (Wildman–Crippen MR) is 62.9 cm³/mol. The molecule has 1 aromatic rings. The summed E-state index contributed by atoms with van der Waals surface area (Å²) in [5.41, 5.74) is 1.22. The number of esters is 1. The summed E-state index contributed by atoms with van der Waals surface area (Å²) in [6, 6.07) is 7.01. The first-order valence-electron chi connectivity index (χ1n) is 5.12. The van der Waals surface area contributed by atoms with Gasteiger partial charge in [-0.3, -0.25) is 10.1 Å². The van der Waals surface area contributed by atoms with Gasteiger partial charge in [0, 0.05) is 5.69 Å². The molecule has 0 fully saturated rings. The van der Waals surface area contributed by atoms with Crippen molar-refractivity contribution >= 4 is 17.7 Å². The summed E-state index contributed by atoms with van der Waals surface area (Å²) in [6.07, 6.45) is -0.575. The van der Waals surface area contributed by atoms with Gasteiger partial charge in [0.15, 0.2) is 0 Å². The van der Waals surface area contributed by atoms with Gasteiger partial charge in [0.05, 0.1) is 20.1 Å². The van der Waals surface area contributed by atoms with E-state index in [1.807, 2.05) is 0 Å². The number of methoxy groups -OCH3 is 2. The van der Waals surface area contributed by atoms with E-state index >= 15 is 0 Å². The van der Waals surface area contributed by atoms with E-state index in [1.165, 1.54) is 14.2 Å². The van der Waals surface area contributed by atoms with Gasteiger partial charge in [-0.25, -0.2) is 4.79 Å². The van der Waals surface area contributed by atoms with Crippen molar-refractivity contribution in [3.8, 4) is 0 Å². The van der Waals surface area contributed by atoms with E-state index in [4.69, 9.17) is 0 Å². The molecule has 1 N–H and O–H groups in total. The minimum Gasteiger partial charge on any atom is -0.469 e. The lowest BCUT2D eigenvalue weighted by Gasteiger charge is -2.14. The fourth-order valence-corrected chi connectivity index (χ4v) is 1.45. The number of para-hydroxylation sites is 1. The van der Waals surface area contributed by atoms with E-state index in [0.717, 1.165) is 0 Å². The van der Waals surface area contributed by atoms with Crippen LogP contribution >= 0.6 is 0 Å². The van der Waals surface area contributed by atoms with Crippen LogP contribution in [0.5, 0.6) is 0 Å². The Hall–Kier alpha value is -2.04. The second-order valence-corrected chi connectivity index (χ2v) is 3.45. The summed E-state index contributed by atoms with van der Waals surface area (Å²) in [5.74, 6) is -0.808. The molecular weight excluding hydrogens is 222 g/mol. The minimum absolute atomic E-state index is 0.357. The number of nitrogens with one attached hydrogen (secondary N) is 1. The van der Waals surface area contributed by atoms with Gasteiger partial charge in [0.1, 0.15) is 0 Å². The van der Waals surface area contributed by atoms with Crippen LogP contribution in [0.2, 0.25) is 0 Å². The highest BCUT2D eigenvalue weighted by atomic mass is 16.5. The molecule has 1 rings (SSSR count). The van der Waals surface area contributed by atoms with E-state index in [2.05, 4.69) is 14.8 Å². The van der Waals surface area contributed by atoms with Gasteiger partial charge in [-0.05, 0) is 18.6 Å². The fraction of sp³-hybridized carbons (Fsp3) is 0.333. The molecule has 5 heteroatoms. The van der Waals surface area contributed by atoms with Crippen LogP contribution in [0, 0.1) is 0 Å². The number of carbonyl (C=O) groups is 2. The zero-order chi connectivity index (χ0) is 12.8. The zero-order valence-corrected chi connectivity index (χ0v) is 10.0. The summed E-state index contributed by atoms with van der Waals surface area (Å²) in [6.45, 7) is 1.71. The van der Waals surface area contributed by atoms with Crippen LogP contribution in [-0.2, 0) is 14.3 Å². The molecule has 0 saturated carbocycles. The molecule has 0 spiro atoms. The third-order valence-electron chi connectivity index (χ3n) is 2.40. The van der Waals surface area contributed by atoms with E-state index in [9.17, 15) is 9.59 Å². The summed E-state index contributed by atoms with van der Waals surface area (Å²) >= 11 is 0. The largest absolute Gasteiger partial charge is 0.469 e. The van der Waals surface area contributed by atoms with Gasteiger partial charge in [-0.2, -0.15) is 0 Å². The second-order valence-electron chi connectivity index (χ2n) is 3.45. The smallest absolute Gasteiger partial charge is 0.411 e. The molecule has 0 radical (unpaired) electrons. The van der Waals surface area contributed by atoms with Crippen LogP contribution in [0.3, 0.4) is 0 Å². The maximum absolute atomic E-state index is 11.5. The molecule has 1 amide bonds. The highest BCUT2D eigenvalue weighted by molar-refractivity contribution is 5.88. The van der Waals surface area contributed by atoms with Crippen molar-refractivity contribution in [2.24, 2.45) is 0 Å². The Bertz CT molecular complexity index is 417. The summed E-state index contributed by atoms with van der Waals surface area (Å²) < 4.78 is 9.18. The number of hydrogen-bond donors (Lipinski definition) is 1. The summed E-state index contributed by atoms with van der Waals surface area (Å²) in [5, 5.41) is 2.55. The van der Waals surface area contributed by atoms with Crippen molar-refractivity contribution in [2.75, 3.05) is 19.5 Å². The van der Waals surface area contributed by atoms with E-state index in [0.29, 0.717) is 11.3 Å². The molecule has 0 aliphatic carbocycles. The van der Waals surface area contributed by atoms with Crippen LogP contribution in [0.1, 0.15) is 18.4 Å². The zero-order valence-electron chi connectivity index (χ0n) is 10.0. The molecule has 0 saturated heterocycles. The summed E-state index contributed by atoms with van der Waals surface area (Å²) in [4.78, 5) is 22.6. The molecule has 0 aliphatic rings. The lowest BCUT2D eigenvalue weighted by Crippen LogP contribution is -2.16. The van der Waals surface area contributed by atoms with Gasteiger partial charge < -0.3 is 9.47 Å². The molecular formula is C12H15NO4. The van der Waals surface area contributed by atoms with Gasteiger partial charge in [-0.15, -0.1) is 0 Å². The second kappa shape index (κ2) is 5.89. The molecule has 1 atom stereocenters. The van der Waals surface area contributed by atoms with Crippen molar-refractivity contribution in [3.63, 3.8) is 0 Å². The quantitative estimate of drug-likeness (QED) is 0.818. The normalized spacial score (nSPS) is 11.5. The lowest BCUT2D eigenvalue weighted by atomic mass is 9.99. The number of ether oxygens (including phenoxy) is 2. The van der Waals surface area contributed by atoms with Crippen molar-refractivity contribution in [1.29, 1.82) is 0 Å². The van der Waals surface area contributed by atoms with Gasteiger partial charge in [0.25, 0.3) is 0 Å². The molecule has 0 aliphatic heterocycles. The Labute approximate surface area is 99.7 Å². The first kappa shape index (κ1) is 13.0. The monoisotopic (exact) mass is 237 g/mol. The highest BCUT2D eigenvalue weighted by Gasteiger charge is 2.19. The first-order valence-corrected chi connectivity index (χ1v) is 5.12. The Morgan fingerprint density at radius 3 is 2.41 bits per heavy atom. The number of benzene rings is 1. The average molecular weight is 237 g/mol. The number of rotatable bonds is 3. The lowest BCUT2D eigenvalue weighted by molar-refractivity contribution is -0.141. The van der Waals surface area contributed by atoms with Gasteiger partial charge in [-0.1, -0.05) is 18.2 Å². The Kier molecular flexibility index (Phi) is 4.51. The minimum atomic E-state index is -0.575. The van der Waals surface area contributed by atoms with Gasteiger partial charge >= 0.3 is 12.1 Å². The third kappa shape index (κ3) is 3.21. The fourth-order valence-electron chi connectivity index (χ4n) is 1.45. The molecule has 5 nitrogen and oxygen atoms in total. The highest BCUT2D eigenvalue weighted by Crippen LogP contribution is 2.25. The average Bonchev–Trinajstić information content (AvgIpc) is 2.37. The van der Waals surface area contributed by atoms with Crippen molar-refractivity contribution in [2.45, 2.75) is 12.8 Å². The van der Waals surface area contributed by atoms with Crippen LogP contribution in [-0.4, -0.2) is 26.3 Å². The van der Waals surface area contributed by atoms with E-state index in [-0.39, 0.29) is 5.97 Å². The summed E-state index contributed by atoms with van der Waals surface area (Å²) in [7, 11) is 2.61. The third-order valence-corrected chi connectivity index (χ3v) is 2.40. The van der Waals surface area contributed by atoms with Crippen molar-refractivity contribution < 1.29 is 19.1 Å². The molecule has 17 heavy (non-hydrogen) atoms. The number of carbonyl (C=O) groups excluding carboxylic acids is 2. The van der Waals surface area contributed by atoms with Crippen LogP contribution in [0.15, 0.2) is 24.3 Å². The number of amides is 1. The Balaban J connectivity index is 2.99. The van der Waals surface area contributed by atoms with E-state index < -0.39 is 12.0 Å². The maximum atomic E-state index is 11.5. The molecule has 1 aromatic carbocycles. The molecule has 0 bridgehead atoms. The molecule has 92 valence electrons. The topological polar surface area (TPSA) is 64.6 Å². The van der Waals surface area contributed by atoms with Crippen LogP contribution < -0.4 is 5.32 Å². The standard InChI is InChI=1S/C12H15NO4/c1-8(11(14)16-2)9-6-4-5-7-10(9)13-12(15)17-3/h4-8H,1-3H3,(H,13,15). The van der Waals surface area contributed by atoms with Gasteiger partial charge in [0.2, 0.25) is 0 Å². The maximum Gasteiger partial charge on any atom is 0.411 e. The Morgan fingerprint density at radius 1 is 1.18 bits per heavy atom. The Morgan fingerprint density at radius 2 is 1.82 bits per heavy atom. The molecule has 0 heterocycles. The van der Waals surface area contributed by atoms with Crippen molar-refractivity contribution in [1.82, 2.24) is 0 Å². The number of anilines is 1. The number of hydrogen-bond acceptors (Lipinski definition) is 4. The van der Waals surface area contributed by atoms with Crippen LogP contribution in [0.4, 0.5) is 10.5 Å². The molecule has 0 aromatic heterocycles.